The number of pyridine rings is 1. The number of carbonyl (C=O) groups excluding carboxylic acids is 1. The van der Waals surface area contributed by atoms with Crippen LogP contribution in [0.15, 0.2) is 72.8 Å². The van der Waals surface area contributed by atoms with Gasteiger partial charge < -0.3 is 19.5 Å². The number of benzene rings is 3. The number of amides is 1. The van der Waals surface area contributed by atoms with Crippen molar-refractivity contribution in [3.05, 3.63) is 94.8 Å². The van der Waals surface area contributed by atoms with E-state index in [9.17, 15) is 10.0 Å². The van der Waals surface area contributed by atoms with Crippen LogP contribution in [-0.2, 0) is 4.74 Å². The monoisotopic (exact) mass is 467 g/mol. The highest BCUT2D eigenvalue weighted by Gasteiger charge is 2.30. The fourth-order valence-electron chi connectivity index (χ4n) is 4.87. The van der Waals surface area contributed by atoms with Crippen LogP contribution in [0.25, 0.3) is 21.9 Å². The minimum atomic E-state index is -0.548. The Balaban J connectivity index is 1.67. The number of ether oxygens (including phenoxy) is 1. The van der Waals surface area contributed by atoms with Crippen LogP contribution in [-0.4, -0.2) is 44.2 Å². The Morgan fingerprint density at radius 2 is 1.63 bits per heavy atom. The normalized spacial score (nSPS) is 15.2. The number of nitrogens with zero attached hydrogens (tertiary/aromatic N) is 3. The molecule has 0 radical (unpaired) electrons. The van der Waals surface area contributed by atoms with Gasteiger partial charge in [-0.05, 0) is 36.4 Å². The molecule has 0 unspecified atom stereocenters. The molecule has 35 heavy (non-hydrogen) atoms. The molecule has 4 aromatic rings. The molecule has 1 fully saturated rings. The first-order valence-corrected chi connectivity index (χ1v) is 11.9. The van der Waals surface area contributed by atoms with Crippen LogP contribution in [0.5, 0.6) is 0 Å². The zero-order chi connectivity index (χ0) is 24.6. The molecule has 0 saturated carbocycles. The third-order valence-electron chi connectivity index (χ3n) is 6.88. The number of hydroxylamine groups is 2. The maximum atomic E-state index is 14.1. The van der Waals surface area contributed by atoms with Crippen molar-refractivity contribution in [3.63, 3.8) is 0 Å². The van der Waals surface area contributed by atoms with E-state index in [4.69, 9.17) is 9.72 Å². The Morgan fingerprint density at radius 3 is 2.40 bits per heavy atom. The summed E-state index contributed by atoms with van der Waals surface area (Å²) in [5.41, 5.74) is 4.59. The summed E-state index contributed by atoms with van der Waals surface area (Å²) in [5.74, 6) is 0.268. The summed E-state index contributed by atoms with van der Waals surface area (Å²) in [6, 6.07) is 23.7. The van der Waals surface area contributed by atoms with E-state index < -0.39 is 4.65 Å². The van der Waals surface area contributed by atoms with Crippen molar-refractivity contribution in [2.24, 2.45) is 0 Å². The van der Waals surface area contributed by atoms with Gasteiger partial charge in [-0.25, -0.2) is 4.98 Å². The number of aromatic nitrogens is 1. The molecule has 0 atom stereocenters. The summed E-state index contributed by atoms with van der Waals surface area (Å²) >= 11 is 0. The van der Waals surface area contributed by atoms with Crippen LogP contribution in [0.4, 0.5) is 11.5 Å². The molecule has 1 amide bonds. The minimum Gasteiger partial charge on any atom is -0.626 e. The Hall–Kier alpha value is -3.58. The molecule has 0 spiro atoms. The average molecular weight is 468 g/mol. The van der Waals surface area contributed by atoms with Gasteiger partial charge in [0.1, 0.15) is 13.1 Å². The first-order valence-electron chi connectivity index (χ1n) is 11.9. The number of aryl methyl sites for hydroxylation is 2. The van der Waals surface area contributed by atoms with Crippen molar-refractivity contribution in [3.8, 4) is 11.1 Å². The number of rotatable bonds is 4. The van der Waals surface area contributed by atoms with E-state index >= 15 is 0 Å². The summed E-state index contributed by atoms with van der Waals surface area (Å²) in [5, 5.41) is 15.7. The van der Waals surface area contributed by atoms with Crippen LogP contribution in [0, 0.1) is 19.1 Å². The number of morpholine rings is 1. The van der Waals surface area contributed by atoms with E-state index in [0.29, 0.717) is 43.4 Å². The van der Waals surface area contributed by atoms with Gasteiger partial charge in [0.15, 0.2) is 0 Å². The Bertz CT molecular complexity index is 1400. The van der Waals surface area contributed by atoms with Gasteiger partial charge in [-0.2, -0.15) is 0 Å². The van der Waals surface area contributed by atoms with Gasteiger partial charge in [0.05, 0.1) is 30.2 Å². The largest absolute Gasteiger partial charge is 0.626 e. The van der Waals surface area contributed by atoms with Crippen molar-refractivity contribution in [1.82, 2.24) is 9.63 Å². The highest BCUT2D eigenvalue weighted by Crippen LogP contribution is 2.36. The summed E-state index contributed by atoms with van der Waals surface area (Å²) in [7, 11) is 1.79. The first-order chi connectivity index (χ1) is 16.9. The SMILES string of the molecule is Cc1ccccc1-c1cc([N+]2([O-])CCOCC2)nc(C)c1C(=O)N(C)c1cccc2ccccc12. The van der Waals surface area contributed by atoms with E-state index in [1.54, 1.807) is 11.9 Å². The van der Waals surface area contributed by atoms with Crippen molar-refractivity contribution in [1.29, 1.82) is 0 Å². The number of fused-ring (bicyclic) bond motifs is 1. The van der Waals surface area contributed by atoms with Crippen molar-refractivity contribution in [2.45, 2.75) is 13.8 Å². The molecule has 0 N–H and O–H groups in total. The highest BCUT2D eigenvalue weighted by atomic mass is 16.6. The molecular weight excluding hydrogens is 438 g/mol. The summed E-state index contributed by atoms with van der Waals surface area (Å²) < 4.78 is 4.88. The molecule has 1 aromatic heterocycles. The molecule has 0 aliphatic carbocycles. The van der Waals surface area contributed by atoms with E-state index in [1.807, 2.05) is 86.6 Å². The number of quaternary nitrogens is 1. The van der Waals surface area contributed by atoms with Gasteiger partial charge in [-0.15, -0.1) is 0 Å². The number of hydrogen-bond donors (Lipinski definition) is 0. The molecule has 6 nitrogen and oxygen atoms in total. The summed E-state index contributed by atoms with van der Waals surface area (Å²) in [6.45, 7) is 5.25. The predicted octanol–water partition coefficient (Wildman–Crippen LogP) is 5.63. The van der Waals surface area contributed by atoms with Crippen molar-refractivity contribution < 1.29 is 9.53 Å². The van der Waals surface area contributed by atoms with Gasteiger partial charge >= 0.3 is 0 Å². The quantitative estimate of drug-likeness (QED) is 0.288. The third-order valence-corrected chi connectivity index (χ3v) is 6.88. The van der Waals surface area contributed by atoms with Crippen LogP contribution in [0.3, 0.4) is 0 Å². The van der Waals surface area contributed by atoms with Gasteiger partial charge in [0.2, 0.25) is 5.82 Å². The van der Waals surface area contributed by atoms with Gasteiger partial charge in [0, 0.05) is 24.1 Å². The highest BCUT2D eigenvalue weighted by molar-refractivity contribution is 6.14. The maximum Gasteiger partial charge on any atom is 0.260 e. The maximum absolute atomic E-state index is 14.1. The fraction of sp³-hybridized carbons (Fsp3) is 0.241. The Kier molecular flexibility index (Phi) is 6.11. The second kappa shape index (κ2) is 9.23. The van der Waals surface area contributed by atoms with E-state index in [2.05, 4.69) is 0 Å². The predicted molar refractivity (Wildman–Crippen MR) is 142 cm³/mol. The van der Waals surface area contributed by atoms with Gasteiger partial charge in [0.25, 0.3) is 5.91 Å². The van der Waals surface area contributed by atoms with Crippen LogP contribution in [0.2, 0.25) is 0 Å². The molecule has 1 aliphatic heterocycles. The lowest BCUT2D eigenvalue weighted by Crippen LogP contribution is -2.52. The number of anilines is 1. The van der Waals surface area contributed by atoms with E-state index in [0.717, 1.165) is 33.2 Å². The van der Waals surface area contributed by atoms with Crippen LogP contribution >= 0.6 is 0 Å². The number of carbonyl (C=O) groups is 1. The Labute approximate surface area is 205 Å². The average Bonchev–Trinajstić information content (AvgIpc) is 2.88. The topological polar surface area (TPSA) is 65.5 Å². The van der Waals surface area contributed by atoms with Crippen molar-refractivity contribution >= 4 is 28.2 Å². The molecule has 0 bridgehead atoms. The molecular formula is C29H29N3O3. The standard InChI is InChI=1S/C29H29N3O3/c1-20-9-4-6-12-23(20)25-19-27(32(34)15-17-35-18-16-32)30-21(2)28(25)29(33)31(3)26-14-8-11-22-10-5-7-13-24(22)26/h4-14,19H,15-18H2,1-3H3. The lowest BCUT2D eigenvalue weighted by atomic mass is 9.94. The second-order valence-electron chi connectivity index (χ2n) is 9.11. The lowest BCUT2D eigenvalue weighted by molar-refractivity contribution is 0.0601. The fourth-order valence-corrected chi connectivity index (χ4v) is 4.87. The summed E-state index contributed by atoms with van der Waals surface area (Å²) in [4.78, 5) is 20.5. The minimum absolute atomic E-state index is 0.157. The first kappa shape index (κ1) is 23.2. The second-order valence-corrected chi connectivity index (χ2v) is 9.11. The molecule has 6 heteroatoms. The molecule has 3 aromatic carbocycles. The zero-order valence-corrected chi connectivity index (χ0v) is 20.3. The lowest BCUT2D eigenvalue weighted by Gasteiger charge is -2.43. The molecule has 1 saturated heterocycles. The Morgan fingerprint density at radius 1 is 0.943 bits per heavy atom. The van der Waals surface area contributed by atoms with E-state index in [-0.39, 0.29) is 5.91 Å². The molecule has 1 aliphatic rings. The van der Waals surface area contributed by atoms with E-state index in [1.165, 1.54) is 0 Å². The van der Waals surface area contributed by atoms with Crippen molar-refractivity contribution in [2.75, 3.05) is 38.3 Å². The van der Waals surface area contributed by atoms with Crippen LogP contribution in [0.1, 0.15) is 21.6 Å². The molecule has 2 heterocycles. The van der Waals surface area contributed by atoms with Gasteiger partial charge in [-0.1, -0.05) is 60.7 Å². The molecule has 5 rings (SSSR count). The number of hydrogen-bond acceptors (Lipinski definition) is 4. The van der Waals surface area contributed by atoms with Gasteiger partial charge in [-0.3, -0.25) is 4.79 Å². The smallest absolute Gasteiger partial charge is 0.260 e. The molecule has 178 valence electrons. The summed E-state index contributed by atoms with van der Waals surface area (Å²) in [6.07, 6.45) is 0. The van der Waals surface area contributed by atoms with Crippen LogP contribution < -0.4 is 9.55 Å². The third kappa shape index (κ3) is 4.21. The zero-order valence-electron chi connectivity index (χ0n) is 20.3.